The van der Waals surface area contributed by atoms with Crippen LogP contribution in [0.1, 0.15) is 10.5 Å². The highest BCUT2D eigenvalue weighted by molar-refractivity contribution is 5.92. The zero-order valence-electron chi connectivity index (χ0n) is 7.84. The van der Waals surface area contributed by atoms with Crippen molar-refractivity contribution in [3.63, 3.8) is 0 Å². The van der Waals surface area contributed by atoms with Crippen LogP contribution in [0.25, 0.3) is 0 Å². The first kappa shape index (κ1) is 10.4. The van der Waals surface area contributed by atoms with Gasteiger partial charge in [0, 0.05) is 13.6 Å². The number of hydrogen-bond acceptors (Lipinski definition) is 5. The maximum absolute atomic E-state index is 11.5. The van der Waals surface area contributed by atoms with E-state index in [1.807, 2.05) is 0 Å². The molecule has 0 aliphatic carbocycles. The van der Waals surface area contributed by atoms with Gasteiger partial charge < -0.3 is 15.7 Å². The Bertz CT molecular complexity index is 312. The number of rotatable bonds is 3. The lowest BCUT2D eigenvalue weighted by atomic mass is 10.3. The minimum atomic E-state index is -0.286. The Hall–Kier alpha value is -1.69. The molecule has 1 aromatic heterocycles. The summed E-state index contributed by atoms with van der Waals surface area (Å²) in [5.41, 5.74) is 5.54. The Morgan fingerprint density at radius 3 is 2.79 bits per heavy atom. The first-order valence-corrected chi connectivity index (χ1v) is 4.10. The molecule has 0 fully saturated rings. The van der Waals surface area contributed by atoms with E-state index in [1.165, 1.54) is 17.0 Å². The maximum Gasteiger partial charge on any atom is 0.274 e. The van der Waals surface area contributed by atoms with Crippen LogP contribution in [-0.2, 0) is 0 Å². The number of carbonyl (C=O) groups excluding carboxylic acids is 1. The standard InChI is InChI=1S/C8H12N4O2/c1-12(4-5-13)8(14)6-2-3-7(9)11-10-6/h2-3,13H,4-5H2,1H3,(H2,9,11). The highest BCUT2D eigenvalue weighted by atomic mass is 16.3. The Labute approximate surface area is 81.4 Å². The predicted molar refractivity (Wildman–Crippen MR) is 50.5 cm³/mol. The van der Waals surface area contributed by atoms with Crippen LogP contribution in [0.5, 0.6) is 0 Å². The molecule has 0 aliphatic heterocycles. The second kappa shape index (κ2) is 4.52. The fourth-order valence-electron chi connectivity index (χ4n) is 0.904. The van der Waals surface area contributed by atoms with E-state index in [9.17, 15) is 4.79 Å². The van der Waals surface area contributed by atoms with E-state index in [2.05, 4.69) is 10.2 Å². The SMILES string of the molecule is CN(CCO)C(=O)c1ccc(N)nn1. The molecule has 6 nitrogen and oxygen atoms in total. The average molecular weight is 196 g/mol. The van der Waals surface area contributed by atoms with Gasteiger partial charge in [-0.05, 0) is 12.1 Å². The summed E-state index contributed by atoms with van der Waals surface area (Å²) in [7, 11) is 1.58. The largest absolute Gasteiger partial charge is 0.395 e. The van der Waals surface area contributed by atoms with Crippen molar-refractivity contribution in [1.82, 2.24) is 15.1 Å². The molecule has 0 aromatic carbocycles. The topological polar surface area (TPSA) is 92.3 Å². The molecule has 1 amide bonds. The van der Waals surface area contributed by atoms with Crippen LogP contribution in [0.15, 0.2) is 12.1 Å². The number of nitrogens with two attached hydrogens (primary N) is 1. The van der Waals surface area contributed by atoms with E-state index in [4.69, 9.17) is 10.8 Å². The minimum absolute atomic E-state index is 0.0787. The Morgan fingerprint density at radius 1 is 1.57 bits per heavy atom. The zero-order chi connectivity index (χ0) is 10.6. The van der Waals surface area contributed by atoms with Gasteiger partial charge >= 0.3 is 0 Å². The van der Waals surface area contributed by atoms with Gasteiger partial charge in [0.25, 0.3) is 5.91 Å². The smallest absolute Gasteiger partial charge is 0.274 e. The van der Waals surface area contributed by atoms with Crippen molar-refractivity contribution in [2.45, 2.75) is 0 Å². The summed E-state index contributed by atoms with van der Waals surface area (Å²) < 4.78 is 0. The number of aliphatic hydroxyl groups excluding tert-OH is 1. The van der Waals surface area contributed by atoms with Crippen LogP contribution in [0, 0.1) is 0 Å². The molecule has 0 saturated carbocycles. The summed E-state index contributed by atoms with van der Waals surface area (Å²) in [6.45, 7) is 0.190. The van der Waals surface area contributed by atoms with Gasteiger partial charge in [-0.1, -0.05) is 0 Å². The number of hydrogen-bond donors (Lipinski definition) is 2. The molecule has 0 radical (unpaired) electrons. The number of amides is 1. The zero-order valence-corrected chi connectivity index (χ0v) is 7.84. The van der Waals surface area contributed by atoms with Crippen molar-refractivity contribution in [3.8, 4) is 0 Å². The third kappa shape index (κ3) is 2.40. The molecule has 0 aliphatic rings. The van der Waals surface area contributed by atoms with E-state index in [-0.39, 0.29) is 30.6 Å². The minimum Gasteiger partial charge on any atom is -0.395 e. The summed E-state index contributed by atoms with van der Waals surface area (Å²) >= 11 is 0. The lowest BCUT2D eigenvalue weighted by molar-refractivity contribution is 0.0760. The van der Waals surface area contributed by atoms with Gasteiger partial charge in [-0.2, -0.15) is 0 Å². The molecular formula is C8H12N4O2. The molecule has 14 heavy (non-hydrogen) atoms. The number of aromatic nitrogens is 2. The molecule has 1 heterocycles. The van der Waals surface area contributed by atoms with Crippen LogP contribution in [-0.4, -0.2) is 46.3 Å². The number of nitrogen functional groups attached to an aromatic ring is 1. The van der Waals surface area contributed by atoms with Crippen LogP contribution in [0.3, 0.4) is 0 Å². The molecule has 0 spiro atoms. The maximum atomic E-state index is 11.5. The second-order valence-corrected chi connectivity index (χ2v) is 2.79. The fourth-order valence-corrected chi connectivity index (χ4v) is 0.904. The van der Waals surface area contributed by atoms with Crippen molar-refractivity contribution < 1.29 is 9.90 Å². The van der Waals surface area contributed by atoms with Gasteiger partial charge in [0.1, 0.15) is 5.82 Å². The van der Waals surface area contributed by atoms with Crippen LogP contribution in [0.4, 0.5) is 5.82 Å². The molecule has 1 aromatic rings. The van der Waals surface area contributed by atoms with Crippen molar-refractivity contribution in [1.29, 1.82) is 0 Å². The fraction of sp³-hybridized carbons (Fsp3) is 0.375. The third-order valence-electron chi connectivity index (χ3n) is 1.69. The van der Waals surface area contributed by atoms with Gasteiger partial charge in [0.2, 0.25) is 0 Å². The van der Waals surface area contributed by atoms with Crippen molar-refractivity contribution in [2.24, 2.45) is 0 Å². The summed E-state index contributed by atoms with van der Waals surface area (Å²) in [5, 5.41) is 15.8. The van der Waals surface area contributed by atoms with Crippen LogP contribution >= 0.6 is 0 Å². The lowest BCUT2D eigenvalue weighted by Gasteiger charge is -2.14. The average Bonchev–Trinajstić information content (AvgIpc) is 2.18. The first-order valence-electron chi connectivity index (χ1n) is 4.10. The lowest BCUT2D eigenvalue weighted by Crippen LogP contribution is -2.30. The van der Waals surface area contributed by atoms with E-state index in [0.717, 1.165) is 0 Å². The quantitative estimate of drug-likeness (QED) is 0.655. The Balaban J connectivity index is 2.74. The van der Waals surface area contributed by atoms with E-state index in [0.29, 0.717) is 0 Å². The molecule has 0 bridgehead atoms. The van der Waals surface area contributed by atoms with Gasteiger partial charge in [-0.3, -0.25) is 4.79 Å². The first-order chi connectivity index (χ1) is 6.65. The normalized spacial score (nSPS) is 9.86. The molecule has 1 rings (SSSR count). The second-order valence-electron chi connectivity index (χ2n) is 2.79. The van der Waals surface area contributed by atoms with Crippen molar-refractivity contribution >= 4 is 11.7 Å². The number of nitrogens with zero attached hydrogens (tertiary/aromatic N) is 3. The summed E-state index contributed by atoms with van der Waals surface area (Å²) in [5.74, 6) is -0.0158. The molecule has 3 N–H and O–H groups in total. The molecule has 0 atom stereocenters. The van der Waals surface area contributed by atoms with Gasteiger partial charge in [-0.25, -0.2) is 0 Å². The monoisotopic (exact) mass is 196 g/mol. The Kier molecular flexibility index (Phi) is 3.35. The van der Waals surface area contributed by atoms with E-state index in [1.54, 1.807) is 7.05 Å². The van der Waals surface area contributed by atoms with Crippen LogP contribution in [0.2, 0.25) is 0 Å². The highest BCUT2D eigenvalue weighted by Gasteiger charge is 2.12. The van der Waals surface area contributed by atoms with Crippen molar-refractivity contribution in [3.05, 3.63) is 17.8 Å². The van der Waals surface area contributed by atoms with Crippen molar-refractivity contribution in [2.75, 3.05) is 25.9 Å². The third-order valence-corrected chi connectivity index (χ3v) is 1.69. The molecule has 0 saturated heterocycles. The highest BCUT2D eigenvalue weighted by Crippen LogP contribution is 2.00. The van der Waals surface area contributed by atoms with E-state index >= 15 is 0 Å². The number of carbonyl (C=O) groups is 1. The summed E-state index contributed by atoms with van der Waals surface area (Å²) in [6, 6.07) is 3.01. The van der Waals surface area contributed by atoms with E-state index < -0.39 is 0 Å². The Morgan fingerprint density at radius 2 is 2.29 bits per heavy atom. The van der Waals surface area contributed by atoms with Gasteiger partial charge in [0.15, 0.2) is 5.69 Å². The number of aliphatic hydroxyl groups is 1. The molecule has 76 valence electrons. The molecular weight excluding hydrogens is 184 g/mol. The number of likely N-dealkylation sites (N-methyl/N-ethyl adjacent to an activating group) is 1. The summed E-state index contributed by atoms with van der Waals surface area (Å²) in [6.07, 6.45) is 0. The predicted octanol–water partition coefficient (Wildman–Crippen LogP) is -0.877. The van der Waals surface area contributed by atoms with Gasteiger partial charge in [-0.15, -0.1) is 10.2 Å². The van der Waals surface area contributed by atoms with Gasteiger partial charge in [0.05, 0.1) is 6.61 Å². The number of anilines is 1. The molecule has 6 heteroatoms. The summed E-state index contributed by atoms with van der Waals surface area (Å²) in [4.78, 5) is 12.9. The van der Waals surface area contributed by atoms with Crippen LogP contribution < -0.4 is 5.73 Å². The molecule has 0 unspecified atom stereocenters.